The lowest BCUT2D eigenvalue weighted by atomic mass is 9.99. The fourth-order valence-electron chi connectivity index (χ4n) is 1.89. The van der Waals surface area contributed by atoms with E-state index in [1.54, 1.807) is 0 Å². The van der Waals surface area contributed by atoms with Crippen LogP contribution in [0.25, 0.3) is 0 Å². The lowest BCUT2D eigenvalue weighted by Crippen LogP contribution is -2.18. The number of alkyl halides is 1. The van der Waals surface area contributed by atoms with Gasteiger partial charge in [0, 0.05) is 19.3 Å². The molecular formula is C12H19ClO2. The first-order valence-electron chi connectivity index (χ1n) is 5.88. The van der Waals surface area contributed by atoms with Crippen LogP contribution in [0.3, 0.4) is 0 Å². The van der Waals surface area contributed by atoms with Crippen molar-refractivity contribution in [3.8, 4) is 0 Å². The Hall–Kier alpha value is -0.370. The predicted molar refractivity (Wildman–Crippen MR) is 61.2 cm³/mol. The van der Waals surface area contributed by atoms with Crippen LogP contribution in [0.15, 0.2) is 0 Å². The molecule has 0 spiro atoms. The van der Waals surface area contributed by atoms with Gasteiger partial charge in [0.1, 0.15) is 5.78 Å². The minimum absolute atomic E-state index is 0.163. The van der Waals surface area contributed by atoms with E-state index in [4.69, 9.17) is 11.6 Å². The highest BCUT2D eigenvalue weighted by molar-refractivity contribution is 6.31. The Bertz CT molecular complexity index is 218. The van der Waals surface area contributed by atoms with Crippen molar-refractivity contribution in [3.05, 3.63) is 0 Å². The van der Waals surface area contributed by atoms with Crippen LogP contribution >= 0.6 is 11.6 Å². The zero-order chi connectivity index (χ0) is 11.1. The molecule has 0 aliphatic heterocycles. The molecule has 0 heterocycles. The maximum absolute atomic E-state index is 10.7. The highest BCUT2D eigenvalue weighted by Gasteiger charge is 2.18. The van der Waals surface area contributed by atoms with Gasteiger partial charge in [-0.3, -0.25) is 9.59 Å². The van der Waals surface area contributed by atoms with Gasteiger partial charge in [0.25, 0.3) is 0 Å². The van der Waals surface area contributed by atoms with Gasteiger partial charge in [-0.25, -0.2) is 0 Å². The molecular weight excluding hydrogens is 212 g/mol. The molecule has 2 aliphatic carbocycles. The van der Waals surface area contributed by atoms with Crippen LogP contribution in [0, 0.1) is 0 Å². The summed E-state index contributed by atoms with van der Waals surface area (Å²) >= 11 is 5.62. The van der Waals surface area contributed by atoms with Crippen LogP contribution in [0.5, 0.6) is 0 Å². The Morgan fingerprint density at radius 1 is 0.867 bits per heavy atom. The molecule has 0 radical (unpaired) electrons. The molecule has 2 fully saturated rings. The number of hydrogen-bond acceptors (Lipinski definition) is 2. The van der Waals surface area contributed by atoms with Crippen molar-refractivity contribution in [1.29, 1.82) is 0 Å². The Balaban J connectivity index is 0.000000151. The van der Waals surface area contributed by atoms with Gasteiger partial charge in [-0.2, -0.15) is 0 Å². The second kappa shape index (κ2) is 7.00. The normalized spacial score (nSPS) is 26.9. The number of rotatable bonds is 0. The first-order chi connectivity index (χ1) is 7.20. The summed E-state index contributed by atoms with van der Waals surface area (Å²) in [5.74, 6) is 0.698. The van der Waals surface area contributed by atoms with Crippen LogP contribution in [-0.2, 0) is 9.59 Å². The molecule has 0 bridgehead atoms. The summed E-state index contributed by atoms with van der Waals surface area (Å²) in [7, 11) is 0. The molecule has 2 nitrogen and oxygen atoms in total. The number of Topliss-reactive ketones (excluding diaryl/α,β-unsaturated/α-hetero) is 2. The fourth-order valence-corrected chi connectivity index (χ4v) is 2.15. The first-order valence-corrected chi connectivity index (χ1v) is 6.32. The van der Waals surface area contributed by atoms with Crippen molar-refractivity contribution in [3.63, 3.8) is 0 Å². The summed E-state index contributed by atoms with van der Waals surface area (Å²) in [6.07, 6.45) is 9.00. The average Bonchev–Trinajstić information content (AvgIpc) is 2.25. The van der Waals surface area contributed by atoms with Crippen LogP contribution in [0.2, 0.25) is 0 Å². The van der Waals surface area contributed by atoms with Gasteiger partial charge in [-0.15, -0.1) is 11.6 Å². The van der Waals surface area contributed by atoms with Crippen molar-refractivity contribution >= 4 is 23.2 Å². The summed E-state index contributed by atoms with van der Waals surface area (Å²) in [5.41, 5.74) is 0. The van der Waals surface area contributed by atoms with Crippen LogP contribution in [-0.4, -0.2) is 16.9 Å². The summed E-state index contributed by atoms with van der Waals surface area (Å²) in [4.78, 5) is 21.1. The molecule has 86 valence electrons. The number of halogens is 1. The monoisotopic (exact) mass is 230 g/mol. The molecule has 0 N–H and O–H groups in total. The minimum Gasteiger partial charge on any atom is -0.300 e. The topological polar surface area (TPSA) is 34.1 Å². The molecule has 0 amide bonds. The van der Waals surface area contributed by atoms with Gasteiger partial charge in [0.05, 0.1) is 5.38 Å². The lowest BCUT2D eigenvalue weighted by molar-refractivity contribution is -0.120. The minimum atomic E-state index is -0.163. The standard InChI is InChI=1S/C6H9ClO.C6H10O/c7-5-3-1-2-4-6(5)8;7-6-4-2-1-3-5-6/h5H,1-4H2;1-5H2. The SMILES string of the molecule is O=C1CCCCC1.O=C1CCCCC1Cl. The number of hydrogen-bond donors (Lipinski definition) is 0. The number of ketones is 2. The van der Waals surface area contributed by atoms with E-state index in [0.29, 0.717) is 12.2 Å². The van der Waals surface area contributed by atoms with Crippen molar-refractivity contribution in [2.45, 2.75) is 63.2 Å². The quantitative estimate of drug-likeness (QED) is 0.599. The molecule has 0 aromatic rings. The molecule has 2 saturated carbocycles. The molecule has 2 rings (SSSR count). The lowest BCUT2D eigenvalue weighted by Gasteiger charge is -2.12. The zero-order valence-electron chi connectivity index (χ0n) is 9.14. The second-order valence-corrected chi connectivity index (χ2v) is 4.81. The van der Waals surface area contributed by atoms with E-state index in [1.807, 2.05) is 0 Å². The summed E-state index contributed by atoms with van der Waals surface area (Å²) in [6.45, 7) is 0. The number of carbonyl (C=O) groups excluding carboxylic acids is 2. The second-order valence-electron chi connectivity index (χ2n) is 4.28. The number of carbonyl (C=O) groups is 2. The molecule has 15 heavy (non-hydrogen) atoms. The van der Waals surface area contributed by atoms with Crippen molar-refractivity contribution in [2.24, 2.45) is 0 Å². The Morgan fingerprint density at radius 2 is 1.47 bits per heavy atom. The van der Waals surface area contributed by atoms with E-state index in [-0.39, 0.29) is 11.2 Å². The van der Waals surface area contributed by atoms with Crippen LogP contribution in [0.1, 0.15) is 57.8 Å². The summed E-state index contributed by atoms with van der Waals surface area (Å²) in [6, 6.07) is 0. The maximum atomic E-state index is 10.7. The predicted octanol–water partition coefficient (Wildman–Crippen LogP) is 3.26. The van der Waals surface area contributed by atoms with Gasteiger partial charge >= 0.3 is 0 Å². The van der Waals surface area contributed by atoms with E-state index in [2.05, 4.69) is 0 Å². The van der Waals surface area contributed by atoms with Crippen molar-refractivity contribution < 1.29 is 9.59 Å². The first kappa shape index (κ1) is 12.7. The van der Waals surface area contributed by atoms with Gasteiger partial charge in [0.15, 0.2) is 5.78 Å². The third-order valence-corrected chi connectivity index (χ3v) is 3.35. The van der Waals surface area contributed by atoms with Gasteiger partial charge in [-0.1, -0.05) is 12.8 Å². The largest absolute Gasteiger partial charge is 0.300 e. The smallest absolute Gasteiger partial charge is 0.150 e. The molecule has 1 unspecified atom stereocenters. The van der Waals surface area contributed by atoms with Gasteiger partial charge < -0.3 is 0 Å². The third kappa shape index (κ3) is 5.31. The molecule has 0 saturated heterocycles. The molecule has 3 heteroatoms. The summed E-state index contributed by atoms with van der Waals surface area (Å²) < 4.78 is 0. The maximum Gasteiger partial charge on any atom is 0.150 e. The van der Waals surface area contributed by atoms with Crippen LogP contribution < -0.4 is 0 Å². The zero-order valence-corrected chi connectivity index (χ0v) is 9.89. The summed E-state index contributed by atoms with van der Waals surface area (Å²) in [5, 5.41) is -0.163. The van der Waals surface area contributed by atoms with Crippen molar-refractivity contribution in [1.82, 2.24) is 0 Å². The average molecular weight is 231 g/mol. The van der Waals surface area contributed by atoms with E-state index in [1.165, 1.54) is 6.42 Å². The van der Waals surface area contributed by atoms with E-state index >= 15 is 0 Å². The highest BCUT2D eigenvalue weighted by Crippen LogP contribution is 2.18. The highest BCUT2D eigenvalue weighted by atomic mass is 35.5. The van der Waals surface area contributed by atoms with Gasteiger partial charge in [-0.05, 0) is 25.7 Å². The molecule has 1 atom stereocenters. The van der Waals surface area contributed by atoms with E-state index in [0.717, 1.165) is 44.9 Å². The van der Waals surface area contributed by atoms with Crippen molar-refractivity contribution in [2.75, 3.05) is 0 Å². The Kier molecular flexibility index (Phi) is 5.92. The van der Waals surface area contributed by atoms with Gasteiger partial charge in [0.2, 0.25) is 0 Å². The molecule has 0 aromatic carbocycles. The van der Waals surface area contributed by atoms with E-state index in [9.17, 15) is 9.59 Å². The Labute approximate surface area is 96.4 Å². The third-order valence-electron chi connectivity index (χ3n) is 2.89. The Morgan fingerprint density at radius 3 is 1.80 bits per heavy atom. The molecule has 2 aliphatic rings. The van der Waals surface area contributed by atoms with Crippen LogP contribution in [0.4, 0.5) is 0 Å². The molecule has 0 aromatic heterocycles. The fraction of sp³-hybridized carbons (Fsp3) is 0.833. The van der Waals surface area contributed by atoms with E-state index < -0.39 is 0 Å².